The summed E-state index contributed by atoms with van der Waals surface area (Å²) in [5.41, 5.74) is 0.208. The van der Waals surface area contributed by atoms with Crippen molar-refractivity contribution in [1.29, 1.82) is 0 Å². The summed E-state index contributed by atoms with van der Waals surface area (Å²) in [5.74, 6) is -0.142. The lowest BCUT2D eigenvalue weighted by Crippen LogP contribution is -2.35. The summed E-state index contributed by atoms with van der Waals surface area (Å²) in [5, 5.41) is 2.76. The first-order valence-electron chi connectivity index (χ1n) is 8.68. The van der Waals surface area contributed by atoms with Gasteiger partial charge in [-0.05, 0) is 24.3 Å². The van der Waals surface area contributed by atoms with E-state index in [1.807, 2.05) is 12.1 Å². The molecule has 27 heavy (non-hydrogen) atoms. The Morgan fingerprint density at radius 1 is 1.22 bits per heavy atom. The molecule has 1 N–H and O–H groups in total. The van der Waals surface area contributed by atoms with Crippen molar-refractivity contribution in [3.05, 3.63) is 54.3 Å². The third-order valence-electron chi connectivity index (χ3n) is 4.35. The predicted molar refractivity (Wildman–Crippen MR) is 98.4 cm³/mol. The molecule has 0 saturated carbocycles. The number of amides is 2. The lowest BCUT2D eigenvalue weighted by molar-refractivity contribution is -0.126. The topological polar surface area (TPSA) is 67.9 Å². The summed E-state index contributed by atoms with van der Waals surface area (Å²) in [6, 6.07) is 13.2. The van der Waals surface area contributed by atoms with Gasteiger partial charge in [0.2, 0.25) is 11.8 Å². The number of benzene rings is 2. The SMILES string of the molecule is COc1cccc(OCCNC(=O)C2CC(=O)N(c3ccccc3F)C2)c1. The molecule has 0 spiro atoms. The molecule has 1 unspecified atom stereocenters. The summed E-state index contributed by atoms with van der Waals surface area (Å²) in [4.78, 5) is 25.8. The van der Waals surface area contributed by atoms with E-state index in [-0.39, 0.29) is 37.1 Å². The first kappa shape index (κ1) is 18.7. The Morgan fingerprint density at radius 3 is 2.78 bits per heavy atom. The van der Waals surface area contributed by atoms with Crippen LogP contribution in [0.5, 0.6) is 11.5 Å². The maximum absolute atomic E-state index is 13.9. The van der Waals surface area contributed by atoms with Gasteiger partial charge >= 0.3 is 0 Å². The fraction of sp³-hybridized carbons (Fsp3) is 0.300. The van der Waals surface area contributed by atoms with E-state index >= 15 is 0 Å². The van der Waals surface area contributed by atoms with Gasteiger partial charge in [-0.25, -0.2) is 4.39 Å². The standard InChI is InChI=1S/C20H21FN2O4/c1-26-15-5-4-6-16(12-15)27-10-9-22-20(25)14-11-19(24)23(13-14)18-8-3-2-7-17(18)21/h2-8,12,14H,9-11,13H2,1H3,(H,22,25). The Labute approximate surface area is 156 Å². The molecular weight excluding hydrogens is 351 g/mol. The zero-order valence-corrected chi connectivity index (χ0v) is 15.0. The molecule has 0 aliphatic carbocycles. The number of para-hydroxylation sites is 1. The summed E-state index contributed by atoms with van der Waals surface area (Å²) in [6.07, 6.45) is 0.0664. The highest BCUT2D eigenvalue weighted by Crippen LogP contribution is 2.27. The molecule has 6 nitrogen and oxygen atoms in total. The molecular formula is C20H21FN2O4. The number of hydrogen-bond acceptors (Lipinski definition) is 4. The smallest absolute Gasteiger partial charge is 0.227 e. The van der Waals surface area contributed by atoms with Gasteiger partial charge in [-0.3, -0.25) is 9.59 Å². The minimum atomic E-state index is -0.506. The molecule has 1 saturated heterocycles. The average molecular weight is 372 g/mol. The van der Waals surface area contributed by atoms with Crippen molar-refractivity contribution in [1.82, 2.24) is 5.32 Å². The van der Waals surface area contributed by atoms with E-state index in [9.17, 15) is 14.0 Å². The first-order valence-corrected chi connectivity index (χ1v) is 8.68. The molecule has 1 aliphatic heterocycles. The highest BCUT2D eigenvalue weighted by Gasteiger charge is 2.35. The van der Waals surface area contributed by atoms with Gasteiger partial charge in [0.05, 0.1) is 25.3 Å². The maximum Gasteiger partial charge on any atom is 0.227 e. The Bertz CT molecular complexity index is 827. The first-order chi connectivity index (χ1) is 13.1. The molecule has 142 valence electrons. The van der Waals surface area contributed by atoms with E-state index in [2.05, 4.69) is 5.32 Å². The number of anilines is 1. The van der Waals surface area contributed by atoms with Crippen molar-refractivity contribution in [2.24, 2.45) is 5.92 Å². The van der Waals surface area contributed by atoms with Crippen LogP contribution in [0.2, 0.25) is 0 Å². The highest BCUT2D eigenvalue weighted by molar-refractivity contribution is 6.00. The number of carbonyl (C=O) groups is 2. The Hall–Kier alpha value is -3.09. The Kier molecular flexibility index (Phi) is 5.90. The van der Waals surface area contributed by atoms with Crippen molar-refractivity contribution >= 4 is 17.5 Å². The maximum atomic E-state index is 13.9. The van der Waals surface area contributed by atoms with Crippen LogP contribution in [0.1, 0.15) is 6.42 Å². The van der Waals surface area contributed by atoms with Gasteiger partial charge in [0.15, 0.2) is 0 Å². The predicted octanol–water partition coefficient (Wildman–Crippen LogP) is 2.38. The van der Waals surface area contributed by atoms with Crippen LogP contribution in [0.25, 0.3) is 0 Å². The van der Waals surface area contributed by atoms with Crippen molar-refractivity contribution < 1.29 is 23.5 Å². The van der Waals surface area contributed by atoms with E-state index in [4.69, 9.17) is 9.47 Å². The number of carbonyl (C=O) groups excluding carboxylic acids is 2. The molecule has 3 rings (SSSR count). The van der Waals surface area contributed by atoms with E-state index in [0.29, 0.717) is 18.0 Å². The van der Waals surface area contributed by atoms with Gasteiger partial charge in [0.1, 0.15) is 23.9 Å². The number of methoxy groups -OCH3 is 1. The van der Waals surface area contributed by atoms with E-state index in [0.717, 1.165) is 0 Å². The minimum Gasteiger partial charge on any atom is -0.497 e. The second-order valence-corrected chi connectivity index (χ2v) is 6.18. The quantitative estimate of drug-likeness (QED) is 0.758. The zero-order valence-electron chi connectivity index (χ0n) is 15.0. The van der Waals surface area contributed by atoms with Crippen molar-refractivity contribution in [2.75, 3.05) is 31.7 Å². The molecule has 0 bridgehead atoms. The van der Waals surface area contributed by atoms with Crippen molar-refractivity contribution in [3.63, 3.8) is 0 Å². The molecule has 0 aromatic heterocycles. The van der Waals surface area contributed by atoms with Gasteiger partial charge in [0.25, 0.3) is 0 Å². The minimum absolute atomic E-state index is 0.0664. The molecule has 2 aromatic rings. The van der Waals surface area contributed by atoms with Crippen LogP contribution in [0.4, 0.5) is 10.1 Å². The Morgan fingerprint density at radius 2 is 2.00 bits per heavy atom. The monoisotopic (exact) mass is 372 g/mol. The van der Waals surface area contributed by atoms with Crippen LogP contribution in [-0.2, 0) is 9.59 Å². The van der Waals surface area contributed by atoms with Gasteiger partial charge in [-0.2, -0.15) is 0 Å². The number of hydrogen-bond donors (Lipinski definition) is 1. The largest absolute Gasteiger partial charge is 0.497 e. The van der Waals surface area contributed by atoms with E-state index in [1.54, 1.807) is 31.4 Å². The molecule has 0 radical (unpaired) electrons. The molecule has 2 aromatic carbocycles. The molecule has 1 fully saturated rings. The van der Waals surface area contributed by atoms with Crippen LogP contribution < -0.4 is 19.7 Å². The number of nitrogens with zero attached hydrogens (tertiary/aromatic N) is 1. The molecule has 2 amide bonds. The summed E-state index contributed by atoms with van der Waals surface area (Å²) < 4.78 is 24.6. The summed E-state index contributed by atoms with van der Waals surface area (Å²) >= 11 is 0. The number of rotatable bonds is 7. The Balaban J connectivity index is 1.47. The normalized spacial score (nSPS) is 16.3. The van der Waals surface area contributed by atoms with Crippen LogP contribution in [-0.4, -0.2) is 38.6 Å². The fourth-order valence-corrected chi connectivity index (χ4v) is 2.97. The third-order valence-corrected chi connectivity index (χ3v) is 4.35. The number of halogens is 1. The molecule has 1 aliphatic rings. The van der Waals surface area contributed by atoms with E-state index < -0.39 is 11.7 Å². The lowest BCUT2D eigenvalue weighted by Gasteiger charge is -2.17. The molecule has 1 heterocycles. The third kappa shape index (κ3) is 4.55. The van der Waals surface area contributed by atoms with Gasteiger partial charge in [-0.1, -0.05) is 18.2 Å². The van der Waals surface area contributed by atoms with Crippen LogP contribution in [0, 0.1) is 11.7 Å². The number of ether oxygens (including phenoxy) is 2. The molecule has 7 heteroatoms. The van der Waals surface area contributed by atoms with Gasteiger partial charge < -0.3 is 19.7 Å². The second kappa shape index (κ2) is 8.53. The average Bonchev–Trinajstić information content (AvgIpc) is 3.07. The zero-order chi connectivity index (χ0) is 19.2. The van der Waals surface area contributed by atoms with Gasteiger partial charge in [-0.15, -0.1) is 0 Å². The second-order valence-electron chi connectivity index (χ2n) is 6.18. The lowest BCUT2D eigenvalue weighted by atomic mass is 10.1. The summed E-state index contributed by atoms with van der Waals surface area (Å²) in [6.45, 7) is 0.763. The van der Waals surface area contributed by atoms with Crippen LogP contribution in [0.3, 0.4) is 0 Å². The fourth-order valence-electron chi connectivity index (χ4n) is 2.97. The van der Waals surface area contributed by atoms with E-state index in [1.165, 1.54) is 17.0 Å². The van der Waals surface area contributed by atoms with Crippen molar-refractivity contribution in [3.8, 4) is 11.5 Å². The highest BCUT2D eigenvalue weighted by atomic mass is 19.1. The summed E-state index contributed by atoms with van der Waals surface area (Å²) in [7, 11) is 1.58. The van der Waals surface area contributed by atoms with Gasteiger partial charge in [0, 0.05) is 19.0 Å². The molecule has 1 atom stereocenters. The number of nitrogens with one attached hydrogen (secondary N) is 1. The van der Waals surface area contributed by atoms with Crippen LogP contribution >= 0.6 is 0 Å². The van der Waals surface area contributed by atoms with Crippen molar-refractivity contribution in [2.45, 2.75) is 6.42 Å². The van der Waals surface area contributed by atoms with Crippen LogP contribution in [0.15, 0.2) is 48.5 Å².